The van der Waals surface area contributed by atoms with Crippen molar-refractivity contribution in [3.8, 4) is 11.4 Å². The second kappa shape index (κ2) is 5.91. The van der Waals surface area contributed by atoms with E-state index in [1.165, 1.54) is 7.11 Å². The van der Waals surface area contributed by atoms with E-state index in [1.54, 1.807) is 6.07 Å². The first kappa shape index (κ1) is 17.0. The minimum absolute atomic E-state index is 0.0583. The van der Waals surface area contributed by atoms with Crippen LogP contribution in [0.3, 0.4) is 0 Å². The highest BCUT2D eigenvalue weighted by Crippen LogP contribution is 2.42. The molecule has 0 fully saturated rings. The van der Waals surface area contributed by atoms with E-state index in [1.807, 2.05) is 0 Å². The molecule has 3 N–H and O–H groups in total. The lowest BCUT2D eigenvalue weighted by Gasteiger charge is -2.18. The number of fused-ring (bicyclic) bond motifs is 1. The maximum atomic E-state index is 12.5. The van der Waals surface area contributed by atoms with E-state index in [2.05, 4.69) is 37.2 Å². The predicted octanol–water partition coefficient (Wildman–Crippen LogP) is 2.49. The lowest BCUT2D eigenvalue weighted by atomic mass is 10.1. The zero-order valence-electron chi connectivity index (χ0n) is 11.9. The van der Waals surface area contributed by atoms with Crippen LogP contribution in [0.4, 0.5) is 5.82 Å². The molecule has 1 aliphatic rings. The number of amides is 2. The van der Waals surface area contributed by atoms with Crippen LogP contribution in [0, 0.1) is 0 Å². The summed E-state index contributed by atoms with van der Waals surface area (Å²) in [4.78, 5) is 36.2. The van der Waals surface area contributed by atoms with Gasteiger partial charge < -0.3 is 10.5 Å². The van der Waals surface area contributed by atoms with Crippen LogP contribution in [0.5, 0.6) is 5.75 Å². The molecule has 2 aromatic rings. The number of rotatable bonds is 2. The van der Waals surface area contributed by atoms with Gasteiger partial charge in [0.15, 0.2) is 0 Å². The Labute approximate surface area is 157 Å². The van der Waals surface area contributed by atoms with Gasteiger partial charge in [0, 0.05) is 10.5 Å². The lowest BCUT2D eigenvalue weighted by Crippen LogP contribution is -2.25. The molecule has 0 radical (unpaired) electrons. The SMILES string of the molecule is COc1cc(Br)c(Cl)c(Br)c1-n1c(N)c2c(cc1=O)C(=O)NC2=O. The number of nitrogens with zero attached hydrogens (tertiary/aromatic N) is 1. The van der Waals surface area contributed by atoms with Crippen LogP contribution in [0.2, 0.25) is 5.02 Å². The summed E-state index contributed by atoms with van der Waals surface area (Å²) >= 11 is 12.8. The quantitative estimate of drug-likeness (QED) is 0.511. The maximum absolute atomic E-state index is 12.5. The molecule has 1 aromatic heterocycles. The molecule has 2 heterocycles. The zero-order chi connectivity index (χ0) is 17.8. The third kappa shape index (κ3) is 2.35. The highest BCUT2D eigenvalue weighted by Gasteiger charge is 2.33. The molecule has 10 heteroatoms. The molecule has 0 unspecified atom stereocenters. The largest absolute Gasteiger partial charge is 0.494 e. The molecule has 24 heavy (non-hydrogen) atoms. The number of imide groups is 1. The summed E-state index contributed by atoms with van der Waals surface area (Å²) in [5.41, 5.74) is 5.52. The topological polar surface area (TPSA) is 103 Å². The van der Waals surface area contributed by atoms with Crippen LogP contribution in [0.25, 0.3) is 5.69 Å². The zero-order valence-corrected chi connectivity index (χ0v) is 15.9. The number of halogens is 3. The Morgan fingerprint density at radius 2 is 1.88 bits per heavy atom. The minimum atomic E-state index is -0.667. The number of nitrogens with two attached hydrogens (primary N) is 1. The van der Waals surface area contributed by atoms with Crippen molar-refractivity contribution in [2.45, 2.75) is 0 Å². The number of hydrogen-bond donors (Lipinski definition) is 2. The average Bonchev–Trinajstić information content (AvgIpc) is 2.81. The molecule has 7 nitrogen and oxygen atoms in total. The molecular weight excluding hydrogens is 469 g/mol. The lowest BCUT2D eigenvalue weighted by molar-refractivity contribution is 0.0880. The second-order valence-electron chi connectivity index (χ2n) is 4.81. The third-order valence-electron chi connectivity index (χ3n) is 3.50. The summed E-state index contributed by atoms with van der Waals surface area (Å²) in [5, 5.41) is 2.40. The first-order chi connectivity index (χ1) is 11.3. The Morgan fingerprint density at radius 3 is 2.50 bits per heavy atom. The Bertz CT molecular complexity index is 987. The number of nitrogen functional groups attached to an aromatic ring is 1. The highest BCUT2D eigenvalue weighted by molar-refractivity contribution is 9.11. The van der Waals surface area contributed by atoms with Gasteiger partial charge in [-0.05, 0) is 37.9 Å². The molecule has 0 saturated heterocycles. The average molecular weight is 477 g/mol. The molecule has 0 bridgehead atoms. The van der Waals surface area contributed by atoms with E-state index < -0.39 is 17.4 Å². The molecule has 1 aliphatic heterocycles. The standard InChI is InChI=1S/C14H8Br2ClN3O4/c1-24-6-3-5(15)10(17)9(16)11(6)20-7(21)2-4-8(12(20)18)14(23)19-13(4)22/h2-3H,18H2,1H3,(H,19,22,23). The number of methoxy groups -OCH3 is 1. The molecule has 0 saturated carbocycles. The first-order valence-electron chi connectivity index (χ1n) is 6.41. The van der Waals surface area contributed by atoms with Crippen LogP contribution in [-0.4, -0.2) is 23.5 Å². The van der Waals surface area contributed by atoms with Gasteiger partial charge in [-0.25, -0.2) is 0 Å². The Kier molecular flexibility index (Phi) is 4.18. The molecule has 3 rings (SSSR count). The number of hydrogen-bond acceptors (Lipinski definition) is 5. The molecular formula is C14H8Br2ClN3O4. The van der Waals surface area contributed by atoms with Crippen LogP contribution >= 0.6 is 43.5 Å². The summed E-state index contributed by atoms with van der Waals surface area (Å²) < 4.78 is 7.24. The number of benzene rings is 1. The van der Waals surface area contributed by atoms with Gasteiger partial charge in [0.05, 0.1) is 27.7 Å². The van der Waals surface area contributed by atoms with Crippen molar-refractivity contribution in [1.82, 2.24) is 9.88 Å². The predicted molar refractivity (Wildman–Crippen MR) is 95.2 cm³/mol. The van der Waals surface area contributed by atoms with Gasteiger partial charge in [0.25, 0.3) is 17.4 Å². The van der Waals surface area contributed by atoms with Crippen LogP contribution in [0.15, 0.2) is 25.9 Å². The van der Waals surface area contributed by atoms with Crippen molar-refractivity contribution in [3.63, 3.8) is 0 Å². The smallest absolute Gasteiger partial charge is 0.262 e. The number of anilines is 1. The van der Waals surface area contributed by atoms with Gasteiger partial charge >= 0.3 is 0 Å². The van der Waals surface area contributed by atoms with E-state index >= 15 is 0 Å². The summed E-state index contributed by atoms with van der Waals surface area (Å²) in [7, 11) is 1.41. The van der Waals surface area contributed by atoms with Gasteiger partial charge in [0.2, 0.25) is 0 Å². The van der Waals surface area contributed by atoms with Crippen molar-refractivity contribution >= 4 is 61.1 Å². The number of carbonyl (C=O) groups is 2. The third-order valence-corrected chi connectivity index (χ3v) is 5.74. The number of nitrogens with one attached hydrogen (secondary N) is 1. The van der Waals surface area contributed by atoms with Crippen LogP contribution in [-0.2, 0) is 0 Å². The Balaban J connectivity index is 2.44. The first-order valence-corrected chi connectivity index (χ1v) is 8.37. The molecule has 124 valence electrons. The number of carbonyl (C=O) groups excluding carboxylic acids is 2. The van der Waals surface area contributed by atoms with Gasteiger partial charge in [-0.1, -0.05) is 11.6 Å². The molecule has 2 amide bonds. The van der Waals surface area contributed by atoms with Crippen molar-refractivity contribution in [2.75, 3.05) is 12.8 Å². The highest BCUT2D eigenvalue weighted by atomic mass is 79.9. The summed E-state index contributed by atoms with van der Waals surface area (Å²) in [5.74, 6) is -1.22. The molecule has 0 aliphatic carbocycles. The van der Waals surface area contributed by atoms with E-state index in [0.717, 1.165) is 10.6 Å². The molecule has 0 atom stereocenters. The van der Waals surface area contributed by atoms with Gasteiger partial charge in [-0.3, -0.25) is 24.3 Å². The summed E-state index contributed by atoms with van der Waals surface area (Å²) in [6, 6.07) is 2.61. The number of aromatic nitrogens is 1. The van der Waals surface area contributed by atoms with E-state index in [0.29, 0.717) is 8.95 Å². The van der Waals surface area contributed by atoms with Gasteiger partial charge in [-0.2, -0.15) is 0 Å². The monoisotopic (exact) mass is 475 g/mol. The summed E-state index contributed by atoms with van der Waals surface area (Å²) in [6.07, 6.45) is 0. The van der Waals surface area contributed by atoms with Crippen molar-refractivity contribution in [2.24, 2.45) is 0 Å². The normalized spacial score (nSPS) is 13.0. The van der Waals surface area contributed by atoms with Crippen molar-refractivity contribution in [3.05, 3.63) is 47.6 Å². The van der Waals surface area contributed by atoms with Crippen molar-refractivity contribution in [1.29, 1.82) is 0 Å². The van der Waals surface area contributed by atoms with E-state index in [-0.39, 0.29) is 33.4 Å². The fraction of sp³-hybridized carbons (Fsp3) is 0.0714. The van der Waals surface area contributed by atoms with E-state index in [4.69, 9.17) is 22.1 Å². The fourth-order valence-electron chi connectivity index (χ4n) is 2.44. The maximum Gasteiger partial charge on any atom is 0.262 e. The second-order valence-corrected chi connectivity index (χ2v) is 6.84. The molecule has 1 aromatic carbocycles. The molecule has 0 spiro atoms. The van der Waals surface area contributed by atoms with Gasteiger partial charge in [-0.15, -0.1) is 0 Å². The van der Waals surface area contributed by atoms with Crippen LogP contribution in [0.1, 0.15) is 20.7 Å². The van der Waals surface area contributed by atoms with Crippen LogP contribution < -0.4 is 21.3 Å². The van der Waals surface area contributed by atoms with Gasteiger partial charge in [0.1, 0.15) is 17.3 Å². The number of ether oxygens (including phenoxy) is 1. The fourth-order valence-corrected chi connectivity index (χ4v) is 3.84. The Morgan fingerprint density at radius 1 is 1.21 bits per heavy atom. The minimum Gasteiger partial charge on any atom is -0.494 e. The number of pyridine rings is 1. The summed E-state index contributed by atoms with van der Waals surface area (Å²) in [6.45, 7) is 0. The van der Waals surface area contributed by atoms with E-state index in [9.17, 15) is 14.4 Å². The Hall–Kier alpha value is -1.84. The van der Waals surface area contributed by atoms with Crippen molar-refractivity contribution < 1.29 is 14.3 Å².